The van der Waals surface area contributed by atoms with Gasteiger partial charge < -0.3 is 5.73 Å². The van der Waals surface area contributed by atoms with Crippen molar-refractivity contribution >= 4 is 11.5 Å². The van der Waals surface area contributed by atoms with Gasteiger partial charge in [-0.05, 0) is 0 Å². The molecule has 50 valence electrons. The second-order valence-corrected chi connectivity index (χ2v) is 1.87. The third kappa shape index (κ3) is 0.540. The monoisotopic (exact) mass is 135 g/mol. The van der Waals surface area contributed by atoms with Crippen molar-refractivity contribution in [1.82, 2.24) is 19.8 Å². The molecule has 0 radical (unpaired) electrons. The Morgan fingerprint density at radius 3 is 3.20 bits per heavy atom. The summed E-state index contributed by atoms with van der Waals surface area (Å²) in [5.74, 6) is 0.495. The van der Waals surface area contributed by atoms with Gasteiger partial charge in [0.05, 0.1) is 12.4 Å². The Labute approximate surface area is 56.5 Å². The molecule has 2 rings (SSSR count). The first-order valence-corrected chi connectivity index (χ1v) is 2.79. The highest BCUT2D eigenvalue weighted by Crippen LogP contribution is 2.00. The number of anilines is 1. The van der Waals surface area contributed by atoms with Crippen LogP contribution in [0.3, 0.4) is 0 Å². The van der Waals surface area contributed by atoms with Crippen molar-refractivity contribution in [3.8, 4) is 0 Å². The summed E-state index contributed by atoms with van der Waals surface area (Å²) >= 11 is 0. The van der Waals surface area contributed by atoms with Gasteiger partial charge in [0.15, 0.2) is 5.65 Å². The zero-order valence-electron chi connectivity index (χ0n) is 5.10. The van der Waals surface area contributed by atoms with E-state index in [1.165, 1.54) is 10.7 Å². The molecule has 0 amide bonds. The van der Waals surface area contributed by atoms with Crippen LogP contribution in [0.15, 0.2) is 18.5 Å². The van der Waals surface area contributed by atoms with E-state index in [2.05, 4.69) is 15.3 Å². The number of fused-ring (bicyclic) bond motifs is 1. The molecular weight excluding hydrogens is 130 g/mol. The fourth-order valence-electron chi connectivity index (χ4n) is 0.773. The van der Waals surface area contributed by atoms with Crippen LogP contribution >= 0.6 is 0 Å². The van der Waals surface area contributed by atoms with Crippen molar-refractivity contribution in [2.75, 3.05) is 5.73 Å². The zero-order valence-corrected chi connectivity index (χ0v) is 5.10. The normalized spacial score (nSPS) is 10.4. The van der Waals surface area contributed by atoms with E-state index in [0.717, 1.165) is 0 Å². The molecule has 10 heavy (non-hydrogen) atoms. The van der Waals surface area contributed by atoms with E-state index in [1.807, 2.05) is 0 Å². The summed E-state index contributed by atoms with van der Waals surface area (Å²) in [5, 5.41) is 11.3. The largest absolute Gasteiger partial charge is 0.382 e. The minimum atomic E-state index is 0.495. The highest BCUT2D eigenvalue weighted by molar-refractivity contribution is 5.41. The lowest BCUT2D eigenvalue weighted by atomic mass is 10.6. The predicted octanol–water partition coefficient (Wildman–Crippen LogP) is -0.294. The van der Waals surface area contributed by atoms with Crippen molar-refractivity contribution in [1.29, 1.82) is 0 Å². The molecule has 2 aromatic heterocycles. The van der Waals surface area contributed by atoms with Crippen molar-refractivity contribution < 1.29 is 0 Å². The molecule has 0 fully saturated rings. The fourth-order valence-corrected chi connectivity index (χ4v) is 0.773. The number of hydrogen-bond acceptors (Lipinski definition) is 4. The number of hydrogen-bond donors (Lipinski definition) is 1. The number of aromatic nitrogens is 4. The Balaban J connectivity index is 2.95. The first kappa shape index (κ1) is 5.16. The van der Waals surface area contributed by atoms with E-state index in [9.17, 15) is 0 Å². The van der Waals surface area contributed by atoms with E-state index in [-0.39, 0.29) is 0 Å². The maximum absolute atomic E-state index is 5.50. The Morgan fingerprint density at radius 1 is 1.50 bits per heavy atom. The average Bonchev–Trinajstić information content (AvgIpc) is 2.36. The minimum absolute atomic E-state index is 0.495. The van der Waals surface area contributed by atoms with Gasteiger partial charge in [-0.1, -0.05) is 0 Å². The van der Waals surface area contributed by atoms with E-state index >= 15 is 0 Å². The van der Waals surface area contributed by atoms with Crippen LogP contribution in [0.25, 0.3) is 5.65 Å². The molecule has 0 unspecified atom stereocenters. The molecule has 0 aliphatic heterocycles. The summed E-state index contributed by atoms with van der Waals surface area (Å²) in [4.78, 5) is 0. The molecule has 0 saturated heterocycles. The Hall–Kier alpha value is -1.65. The third-order valence-corrected chi connectivity index (χ3v) is 1.22. The summed E-state index contributed by atoms with van der Waals surface area (Å²) in [6.07, 6.45) is 3.08. The predicted molar refractivity (Wildman–Crippen MR) is 35.2 cm³/mol. The SMILES string of the molecule is Nc1cnnc2ccnn12. The summed E-state index contributed by atoms with van der Waals surface area (Å²) < 4.78 is 1.52. The molecule has 2 aromatic rings. The highest BCUT2D eigenvalue weighted by atomic mass is 15.3. The van der Waals surface area contributed by atoms with Gasteiger partial charge in [0.2, 0.25) is 0 Å². The summed E-state index contributed by atoms with van der Waals surface area (Å²) in [6.45, 7) is 0. The molecule has 2 heterocycles. The van der Waals surface area contributed by atoms with Crippen molar-refractivity contribution in [3.63, 3.8) is 0 Å². The quantitative estimate of drug-likeness (QED) is 0.538. The fraction of sp³-hybridized carbons (Fsp3) is 0. The third-order valence-electron chi connectivity index (χ3n) is 1.22. The lowest BCUT2D eigenvalue weighted by Gasteiger charge is -1.92. The average molecular weight is 135 g/mol. The molecule has 0 atom stereocenters. The van der Waals surface area contributed by atoms with Gasteiger partial charge in [-0.3, -0.25) is 0 Å². The van der Waals surface area contributed by atoms with Crippen LogP contribution in [0.1, 0.15) is 0 Å². The summed E-state index contributed by atoms with van der Waals surface area (Å²) in [7, 11) is 0. The summed E-state index contributed by atoms with van der Waals surface area (Å²) in [6, 6.07) is 1.74. The minimum Gasteiger partial charge on any atom is -0.382 e. The number of nitrogens with zero attached hydrogens (tertiary/aromatic N) is 4. The van der Waals surface area contributed by atoms with Gasteiger partial charge >= 0.3 is 0 Å². The topological polar surface area (TPSA) is 69.1 Å². The lowest BCUT2D eigenvalue weighted by Crippen LogP contribution is -2.00. The van der Waals surface area contributed by atoms with E-state index in [1.54, 1.807) is 12.3 Å². The highest BCUT2D eigenvalue weighted by Gasteiger charge is 1.95. The number of nitrogen functional groups attached to an aromatic ring is 1. The number of nitrogens with two attached hydrogens (primary N) is 1. The lowest BCUT2D eigenvalue weighted by molar-refractivity contribution is 0.902. The second kappa shape index (κ2) is 1.66. The van der Waals surface area contributed by atoms with Crippen molar-refractivity contribution in [3.05, 3.63) is 18.5 Å². The van der Waals surface area contributed by atoms with Gasteiger partial charge in [0.1, 0.15) is 5.82 Å². The Kier molecular flexibility index (Phi) is 0.858. The molecule has 0 saturated carbocycles. The van der Waals surface area contributed by atoms with Crippen LogP contribution in [0.5, 0.6) is 0 Å². The van der Waals surface area contributed by atoms with E-state index < -0.39 is 0 Å². The molecule has 5 nitrogen and oxygen atoms in total. The van der Waals surface area contributed by atoms with Gasteiger partial charge in [-0.15, -0.1) is 5.10 Å². The number of rotatable bonds is 0. The standard InChI is InChI=1S/C5H5N5/c6-4-3-7-9-5-1-2-8-10(4)5/h1-3H,6H2. The van der Waals surface area contributed by atoms with Gasteiger partial charge in [0.25, 0.3) is 0 Å². The maximum Gasteiger partial charge on any atom is 0.179 e. The van der Waals surface area contributed by atoms with Crippen LogP contribution in [-0.4, -0.2) is 19.8 Å². The van der Waals surface area contributed by atoms with Crippen LogP contribution in [-0.2, 0) is 0 Å². The van der Waals surface area contributed by atoms with Crippen LogP contribution in [0.2, 0.25) is 0 Å². The zero-order chi connectivity index (χ0) is 6.97. The molecule has 5 heteroatoms. The summed E-state index contributed by atoms with van der Waals surface area (Å²) in [5.41, 5.74) is 6.17. The van der Waals surface area contributed by atoms with Crippen molar-refractivity contribution in [2.45, 2.75) is 0 Å². The van der Waals surface area contributed by atoms with Crippen LogP contribution in [0, 0.1) is 0 Å². The van der Waals surface area contributed by atoms with Crippen molar-refractivity contribution in [2.24, 2.45) is 0 Å². The Morgan fingerprint density at radius 2 is 2.40 bits per heavy atom. The Bertz CT molecular complexity index is 352. The molecule has 0 aromatic carbocycles. The molecule has 2 N–H and O–H groups in total. The van der Waals surface area contributed by atoms with Gasteiger partial charge in [-0.2, -0.15) is 14.7 Å². The van der Waals surface area contributed by atoms with E-state index in [4.69, 9.17) is 5.73 Å². The molecule has 0 spiro atoms. The molecule has 0 bridgehead atoms. The molecule has 0 aliphatic rings. The van der Waals surface area contributed by atoms with Crippen LogP contribution in [0.4, 0.5) is 5.82 Å². The first-order valence-electron chi connectivity index (χ1n) is 2.79. The molecule has 0 aliphatic carbocycles. The van der Waals surface area contributed by atoms with Crippen LogP contribution < -0.4 is 5.73 Å². The second-order valence-electron chi connectivity index (χ2n) is 1.87. The molecular formula is C5H5N5. The van der Waals surface area contributed by atoms with Gasteiger partial charge in [0, 0.05) is 6.07 Å². The first-order chi connectivity index (χ1) is 4.88. The smallest absolute Gasteiger partial charge is 0.179 e. The van der Waals surface area contributed by atoms with E-state index in [0.29, 0.717) is 11.5 Å². The van der Waals surface area contributed by atoms with Gasteiger partial charge in [-0.25, -0.2) is 0 Å². The maximum atomic E-state index is 5.50.